The topological polar surface area (TPSA) is 69.0 Å². The molecule has 0 saturated heterocycles. The molecule has 0 aliphatic rings. The second-order valence-corrected chi connectivity index (χ2v) is 5.51. The van der Waals surface area contributed by atoms with Gasteiger partial charge in [0.25, 0.3) is 5.91 Å². The summed E-state index contributed by atoms with van der Waals surface area (Å²) in [5, 5.41) is 11.1. The summed E-state index contributed by atoms with van der Waals surface area (Å²) in [6.07, 6.45) is 0. The Labute approximate surface area is 140 Å². The van der Waals surface area contributed by atoms with Crippen LogP contribution in [-0.4, -0.2) is 17.4 Å². The average Bonchev–Trinajstić information content (AvgIpc) is 2.52. The highest BCUT2D eigenvalue weighted by atomic mass is 35.5. The molecule has 1 heterocycles. The Balaban J connectivity index is 2.32. The minimum Gasteiger partial charge on any atom is -0.267 e. The fourth-order valence-electron chi connectivity index (χ4n) is 2.12. The zero-order valence-electron chi connectivity index (χ0n) is 13.2. The van der Waals surface area contributed by atoms with Gasteiger partial charge in [0, 0.05) is 12.1 Å². The highest BCUT2D eigenvalue weighted by molar-refractivity contribution is 6.29. The van der Waals surface area contributed by atoms with Crippen LogP contribution >= 0.6 is 11.6 Å². The lowest BCUT2D eigenvalue weighted by molar-refractivity contribution is 0.0949. The number of hydrazine groups is 1. The van der Waals surface area contributed by atoms with Crippen LogP contribution in [0.1, 0.15) is 34.0 Å². The Bertz CT molecular complexity index is 765. The van der Waals surface area contributed by atoms with Crippen molar-refractivity contribution in [2.24, 2.45) is 0 Å². The summed E-state index contributed by atoms with van der Waals surface area (Å²) in [4.78, 5) is 16.6. The third kappa shape index (κ3) is 3.79. The Morgan fingerprint density at radius 1 is 1.35 bits per heavy atom. The number of amides is 1. The minimum atomic E-state index is -0.268. The van der Waals surface area contributed by atoms with E-state index in [1.807, 2.05) is 26.0 Å². The first kappa shape index (κ1) is 16.8. The van der Waals surface area contributed by atoms with E-state index in [1.54, 1.807) is 25.1 Å². The van der Waals surface area contributed by atoms with Gasteiger partial charge in [0.15, 0.2) is 5.82 Å². The highest BCUT2D eigenvalue weighted by Gasteiger charge is 2.18. The summed E-state index contributed by atoms with van der Waals surface area (Å²) in [6, 6.07) is 11.0. The zero-order chi connectivity index (χ0) is 17.0. The van der Waals surface area contributed by atoms with Gasteiger partial charge in [-0.25, -0.2) is 4.98 Å². The maximum atomic E-state index is 12.4. The SMILES string of the molecule is CCN(NC(=O)c1ccc(C)cc1)c1nc(Cl)cc(C)c1C#N. The lowest BCUT2D eigenvalue weighted by Gasteiger charge is -2.24. The molecule has 5 nitrogen and oxygen atoms in total. The number of hydrogen-bond donors (Lipinski definition) is 1. The van der Waals surface area contributed by atoms with Gasteiger partial charge >= 0.3 is 0 Å². The summed E-state index contributed by atoms with van der Waals surface area (Å²) in [7, 11) is 0. The van der Waals surface area contributed by atoms with Crippen LogP contribution in [-0.2, 0) is 0 Å². The van der Waals surface area contributed by atoms with Crippen LogP contribution in [0.25, 0.3) is 0 Å². The first-order chi connectivity index (χ1) is 11.0. The first-order valence-electron chi connectivity index (χ1n) is 7.18. The average molecular weight is 329 g/mol. The number of benzene rings is 1. The standard InChI is InChI=1S/C17H17ClN4O/c1-4-22(16-14(10-19)12(3)9-15(18)20-16)21-17(23)13-7-5-11(2)6-8-13/h5-9H,4H2,1-3H3,(H,21,23). The van der Waals surface area contributed by atoms with Crippen LogP contribution in [0, 0.1) is 25.2 Å². The second kappa shape index (κ2) is 7.12. The van der Waals surface area contributed by atoms with E-state index in [0.29, 0.717) is 29.1 Å². The van der Waals surface area contributed by atoms with Crippen LogP contribution in [0.5, 0.6) is 0 Å². The molecule has 0 aliphatic heterocycles. The van der Waals surface area contributed by atoms with Crippen molar-refractivity contribution in [3.05, 3.63) is 57.7 Å². The Kier molecular flexibility index (Phi) is 5.20. The second-order valence-electron chi connectivity index (χ2n) is 5.12. The molecule has 1 amide bonds. The Hall–Kier alpha value is -2.58. The van der Waals surface area contributed by atoms with Gasteiger partial charge in [0.1, 0.15) is 11.2 Å². The van der Waals surface area contributed by atoms with Crippen molar-refractivity contribution in [2.45, 2.75) is 20.8 Å². The van der Waals surface area contributed by atoms with Crippen molar-refractivity contribution >= 4 is 23.3 Å². The first-order valence-corrected chi connectivity index (χ1v) is 7.56. The lowest BCUT2D eigenvalue weighted by Crippen LogP contribution is -2.43. The molecule has 1 aromatic carbocycles. The molecule has 2 aromatic rings. The molecular weight excluding hydrogens is 312 g/mol. The third-order valence-corrected chi connectivity index (χ3v) is 3.59. The van der Waals surface area contributed by atoms with Gasteiger partial charge in [0.05, 0.1) is 5.56 Å². The van der Waals surface area contributed by atoms with Gasteiger partial charge < -0.3 is 0 Å². The van der Waals surface area contributed by atoms with Crippen molar-refractivity contribution in [1.29, 1.82) is 5.26 Å². The molecule has 23 heavy (non-hydrogen) atoms. The van der Waals surface area contributed by atoms with Gasteiger partial charge in [-0.1, -0.05) is 29.3 Å². The fourth-order valence-corrected chi connectivity index (χ4v) is 2.37. The van der Waals surface area contributed by atoms with Crippen LogP contribution in [0.2, 0.25) is 5.15 Å². The number of nitriles is 1. The molecule has 0 spiro atoms. The molecule has 6 heteroatoms. The molecule has 0 fully saturated rings. The number of anilines is 1. The monoisotopic (exact) mass is 328 g/mol. The number of nitrogens with one attached hydrogen (secondary N) is 1. The summed E-state index contributed by atoms with van der Waals surface area (Å²) < 4.78 is 0. The number of hydrogen-bond acceptors (Lipinski definition) is 4. The van der Waals surface area contributed by atoms with E-state index in [-0.39, 0.29) is 11.1 Å². The van der Waals surface area contributed by atoms with Crippen molar-refractivity contribution in [3.63, 3.8) is 0 Å². The van der Waals surface area contributed by atoms with Gasteiger partial charge in [-0.05, 0) is 44.5 Å². The molecule has 0 aliphatic carbocycles. The molecule has 118 valence electrons. The van der Waals surface area contributed by atoms with E-state index in [2.05, 4.69) is 16.5 Å². The summed E-state index contributed by atoms with van der Waals surface area (Å²) >= 11 is 5.99. The Morgan fingerprint density at radius 3 is 2.57 bits per heavy atom. The highest BCUT2D eigenvalue weighted by Crippen LogP contribution is 2.23. The molecule has 0 atom stereocenters. The molecule has 0 saturated carbocycles. The van der Waals surface area contributed by atoms with Crippen molar-refractivity contribution in [2.75, 3.05) is 11.6 Å². The van der Waals surface area contributed by atoms with E-state index in [4.69, 9.17) is 11.6 Å². The van der Waals surface area contributed by atoms with Crippen LogP contribution < -0.4 is 10.4 Å². The number of halogens is 1. The summed E-state index contributed by atoms with van der Waals surface area (Å²) in [5.74, 6) is 0.0793. The molecule has 1 aromatic heterocycles. The number of nitrogens with zero attached hydrogens (tertiary/aromatic N) is 3. The molecule has 1 N–H and O–H groups in total. The van der Waals surface area contributed by atoms with Crippen LogP contribution in [0.15, 0.2) is 30.3 Å². The number of aromatic nitrogens is 1. The third-order valence-electron chi connectivity index (χ3n) is 3.40. The lowest BCUT2D eigenvalue weighted by atomic mass is 10.1. The van der Waals surface area contributed by atoms with Crippen LogP contribution in [0.3, 0.4) is 0 Å². The normalized spacial score (nSPS) is 10.0. The predicted molar refractivity (Wildman–Crippen MR) is 90.4 cm³/mol. The van der Waals surface area contributed by atoms with Crippen molar-refractivity contribution < 1.29 is 4.79 Å². The smallest absolute Gasteiger partial charge is 0.267 e. The van der Waals surface area contributed by atoms with E-state index >= 15 is 0 Å². The largest absolute Gasteiger partial charge is 0.269 e. The minimum absolute atomic E-state index is 0.268. The van der Waals surface area contributed by atoms with Gasteiger partial charge in [-0.15, -0.1) is 0 Å². The molecule has 2 rings (SSSR count). The van der Waals surface area contributed by atoms with Crippen molar-refractivity contribution in [1.82, 2.24) is 10.4 Å². The summed E-state index contributed by atoms with van der Waals surface area (Å²) in [5.41, 5.74) is 5.48. The maximum Gasteiger partial charge on any atom is 0.269 e. The number of carbonyl (C=O) groups excluding carboxylic acids is 1. The molecule has 0 radical (unpaired) electrons. The van der Waals surface area contributed by atoms with E-state index in [0.717, 1.165) is 5.56 Å². The number of pyridine rings is 1. The van der Waals surface area contributed by atoms with Crippen molar-refractivity contribution in [3.8, 4) is 6.07 Å². The van der Waals surface area contributed by atoms with Gasteiger partial charge in [-0.3, -0.25) is 15.2 Å². The number of aryl methyl sites for hydroxylation is 2. The Morgan fingerprint density at radius 2 is 2.00 bits per heavy atom. The predicted octanol–water partition coefficient (Wildman–Crippen LogP) is 3.39. The molecule has 0 bridgehead atoms. The quantitative estimate of drug-likeness (QED) is 0.690. The van der Waals surface area contributed by atoms with Gasteiger partial charge in [-0.2, -0.15) is 5.26 Å². The zero-order valence-corrected chi connectivity index (χ0v) is 14.0. The number of rotatable bonds is 4. The maximum absolute atomic E-state index is 12.4. The van der Waals surface area contributed by atoms with E-state index in [9.17, 15) is 10.1 Å². The molecular formula is C17H17ClN4O. The summed E-state index contributed by atoms with van der Waals surface area (Å²) in [6.45, 7) is 6.04. The molecule has 0 unspecified atom stereocenters. The van der Waals surface area contributed by atoms with E-state index in [1.165, 1.54) is 5.01 Å². The fraction of sp³-hybridized carbons (Fsp3) is 0.235. The van der Waals surface area contributed by atoms with E-state index < -0.39 is 0 Å². The van der Waals surface area contributed by atoms with Crippen LogP contribution in [0.4, 0.5) is 5.82 Å². The number of carbonyl (C=O) groups is 1. The van der Waals surface area contributed by atoms with Gasteiger partial charge in [0.2, 0.25) is 0 Å².